The zero-order valence-electron chi connectivity index (χ0n) is 21.4. The number of carbonyl (C=O) groups excluding carboxylic acids is 3. The summed E-state index contributed by atoms with van der Waals surface area (Å²) in [6.07, 6.45) is 4.83. The first-order valence-corrected chi connectivity index (χ1v) is 13.4. The molecule has 1 unspecified atom stereocenters. The van der Waals surface area contributed by atoms with Crippen LogP contribution in [0.1, 0.15) is 77.9 Å². The second-order valence-corrected chi connectivity index (χ2v) is 10.5. The van der Waals surface area contributed by atoms with Crippen LogP contribution in [0.2, 0.25) is 0 Å². The Balaban J connectivity index is 0.000000186. The van der Waals surface area contributed by atoms with E-state index in [4.69, 9.17) is 4.74 Å². The number of benzene rings is 1. The average molecular weight is 545 g/mol. The van der Waals surface area contributed by atoms with E-state index >= 15 is 0 Å². The fourth-order valence-electron chi connectivity index (χ4n) is 5.36. The highest BCUT2D eigenvalue weighted by Gasteiger charge is 2.39. The van der Waals surface area contributed by atoms with Crippen LogP contribution in [0.3, 0.4) is 0 Å². The van der Waals surface area contributed by atoms with Gasteiger partial charge in [-0.05, 0) is 67.5 Å². The normalized spacial score (nSPS) is 22.0. The van der Waals surface area contributed by atoms with Crippen molar-refractivity contribution in [3.8, 4) is 5.75 Å². The summed E-state index contributed by atoms with van der Waals surface area (Å²) in [6, 6.07) is 6.17. The molecule has 1 saturated carbocycles. The number of alkyl halides is 3. The molecule has 1 aromatic heterocycles. The van der Waals surface area contributed by atoms with Crippen LogP contribution in [-0.4, -0.2) is 52.8 Å². The zero-order chi connectivity index (χ0) is 27.6. The van der Waals surface area contributed by atoms with Crippen LogP contribution in [0.5, 0.6) is 5.75 Å². The molecule has 1 aromatic carbocycles. The van der Waals surface area contributed by atoms with Gasteiger partial charge in [0, 0.05) is 49.9 Å². The Morgan fingerprint density at radius 2 is 1.74 bits per heavy atom. The van der Waals surface area contributed by atoms with Crippen molar-refractivity contribution < 1.29 is 32.3 Å². The van der Waals surface area contributed by atoms with E-state index in [1.54, 1.807) is 11.0 Å². The first-order chi connectivity index (χ1) is 18.7. The number of aromatic nitrogens is 1. The number of imide groups is 1. The number of fused-ring (bicyclic) bond motifs is 1. The van der Waals surface area contributed by atoms with Gasteiger partial charge < -0.3 is 15.0 Å². The van der Waals surface area contributed by atoms with Crippen LogP contribution in [0.15, 0.2) is 36.7 Å². The van der Waals surface area contributed by atoms with E-state index in [0.717, 1.165) is 43.4 Å². The summed E-state index contributed by atoms with van der Waals surface area (Å²) < 4.78 is 43.0. The number of pyridine rings is 1. The van der Waals surface area contributed by atoms with Crippen molar-refractivity contribution in [2.75, 3.05) is 13.1 Å². The highest BCUT2D eigenvalue weighted by Crippen LogP contribution is 2.32. The summed E-state index contributed by atoms with van der Waals surface area (Å²) in [5.41, 5.74) is 1.52. The van der Waals surface area contributed by atoms with Crippen LogP contribution < -0.4 is 15.4 Å². The molecule has 2 saturated heterocycles. The zero-order valence-corrected chi connectivity index (χ0v) is 21.4. The third-order valence-electron chi connectivity index (χ3n) is 7.69. The van der Waals surface area contributed by atoms with Crippen molar-refractivity contribution in [2.24, 2.45) is 0 Å². The minimum absolute atomic E-state index is 0.145. The standard InChI is InChI=1S/C19H22N2O4.C9H9F3N2/c22-17-9-8-16(18(23)20-17)21-11-12-10-14(6-7-15(12)19(21)24)25-13-4-2-1-3-5-13;10-9(11,12)8-1-6(2-14-5-8)7-3-13-4-7/h6-7,10,13,16H,1-5,8-9,11H2,(H,20,22,23);1-2,5,7,13H,3-4H2. The number of hydrogen-bond acceptors (Lipinski definition) is 6. The van der Waals surface area contributed by atoms with Crippen LogP contribution >= 0.6 is 0 Å². The maximum absolute atomic E-state index is 12.6. The molecule has 2 N–H and O–H groups in total. The van der Waals surface area contributed by atoms with E-state index < -0.39 is 17.8 Å². The molecule has 3 fully saturated rings. The number of rotatable bonds is 4. The predicted molar refractivity (Wildman–Crippen MR) is 135 cm³/mol. The van der Waals surface area contributed by atoms with Crippen molar-refractivity contribution in [1.29, 1.82) is 0 Å². The molecule has 1 atom stereocenters. The Morgan fingerprint density at radius 3 is 2.41 bits per heavy atom. The van der Waals surface area contributed by atoms with Gasteiger partial charge in [0.1, 0.15) is 11.8 Å². The lowest BCUT2D eigenvalue weighted by Crippen LogP contribution is -2.52. The number of carbonyl (C=O) groups is 3. The van der Waals surface area contributed by atoms with Crippen molar-refractivity contribution >= 4 is 17.7 Å². The summed E-state index contributed by atoms with van der Waals surface area (Å²) >= 11 is 0. The number of nitrogens with zero attached hydrogens (tertiary/aromatic N) is 2. The molecule has 1 aliphatic carbocycles. The van der Waals surface area contributed by atoms with Crippen LogP contribution in [-0.2, 0) is 22.3 Å². The Labute approximate surface area is 224 Å². The van der Waals surface area contributed by atoms with Gasteiger partial charge >= 0.3 is 6.18 Å². The maximum Gasteiger partial charge on any atom is 0.417 e. The third-order valence-corrected chi connectivity index (χ3v) is 7.69. The lowest BCUT2D eigenvalue weighted by Gasteiger charge is -2.29. The molecule has 0 bridgehead atoms. The second-order valence-electron chi connectivity index (χ2n) is 10.5. The molecule has 8 nitrogen and oxygen atoms in total. The van der Waals surface area contributed by atoms with E-state index in [-0.39, 0.29) is 36.2 Å². The number of ether oxygens (including phenoxy) is 1. The summed E-state index contributed by atoms with van der Waals surface area (Å²) in [5, 5.41) is 5.33. The van der Waals surface area contributed by atoms with Gasteiger partial charge in [-0.1, -0.05) is 6.42 Å². The first-order valence-electron chi connectivity index (χ1n) is 13.4. The molecule has 208 valence electrons. The van der Waals surface area contributed by atoms with Crippen molar-refractivity contribution in [3.63, 3.8) is 0 Å². The fraction of sp³-hybridized carbons (Fsp3) is 0.500. The maximum atomic E-state index is 12.6. The lowest BCUT2D eigenvalue weighted by atomic mass is 9.94. The Kier molecular flexibility index (Phi) is 7.88. The van der Waals surface area contributed by atoms with E-state index in [2.05, 4.69) is 15.6 Å². The van der Waals surface area contributed by atoms with Crippen molar-refractivity contribution in [1.82, 2.24) is 20.5 Å². The van der Waals surface area contributed by atoms with Crippen LogP contribution in [0.4, 0.5) is 13.2 Å². The molecule has 2 aromatic rings. The van der Waals surface area contributed by atoms with Crippen LogP contribution in [0, 0.1) is 0 Å². The number of hydrogen-bond donors (Lipinski definition) is 2. The fourth-order valence-corrected chi connectivity index (χ4v) is 5.36. The summed E-state index contributed by atoms with van der Waals surface area (Å²) in [4.78, 5) is 41.2. The minimum atomic E-state index is -4.29. The smallest absolute Gasteiger partial charge is 0.417 e. The van der Waals surface area contributed by atoms with Crippen molar-refractivity contribution in [3.05, 3.63) is 58.9 Å². The average Bonchev–Trinajstić information content (AvgIpc) is 3.19. The number of halogens is 3. The quantitative estimate of drug-likeness (QED) is 0.566. The molecule has 4 heterocycles. The highest BCUT2D eigenvalue weighted by molar-refractivity contribution is 6.05. The molecule has 11 heteroatoms. The van der Waals surface area contributed by atoms with E-state index in [1.807, 2.05) is 12.1 Å². The Bertz CT molecular complexity index is 1240. The monoisotopic (exact) mass is 544 g/mol. The van der Waals surface area contributed by atoms with Gasteiger partial charge in [-0.15, -0.1) is 0 Å². The van der Waals surface area contributed by atoms with Gasteiger partial charge in [0.05, 0.1) is 11.7 Å². The lowest BCUT2D eigenvalue weighted by molar-refractivity contribution is -0.138. The SMILES string of the molecule is FC(F)(F)c1cncc(C2CNC2)c1.O=C1CCC(N2Cc3cc(OC4CCCCC4)ccc3C2=O)C(=O)N1. The molecule has 4 aliphatic rings. The van der Waals surface area contributed by atoms with Gasteiger partial charge in [-0.25, -0.2) is 0 Å². The molecule has 3 amide bonds. The first kappa shape index (κ1) is 27.1. The minimum Gasteiger partial charge on any atom is -0.490 e. The number of amides is 3. The molecule has 0 radical (unpaired) electrons. The third kappa shape index (κ3) is 6.24. The Hall–Kier alpha value is -3.47. The van der Waals surface area contributed by atoms with E-state index in [1.165, 1.54) is 31.5 Å². The van der Waals surface area contributed by atoms with Gasteiger partial charge in [0.25, 0.3) is 5.91 Å². The summed E-state index contributed by atoms with van der Waals surface area (Å²) in [5.74, 6) is 0.187. The van der Waals surface area contributed by atoms with Gasteiger partial charge in [0.15, 0.2) is 0 Å². The van der Waals surface area contributed by atoms with Gasteiger partial charge in [-0.2, -0.15) is 13.2 Å². The predicted octanol–water partition coefficient (Wildman–Crippen LogP) is 3.95. The van der Waals surface area contributed by atoms with E-state index in [0.29, 0.717) is 24.1 Å². The molecule has 3 aliphatic heterocycles. The topological polar surface area (TPSA) is 101 Å². The summed E-state index contributed by atoms with van der Waals surface area (Å²) in [6.45, 7) is 1.87. The number of nitrogens with one attached hydrogen (secondary N) is 2. The van der Waals surface area contributed by atoms with Gasteiger partial charge in [-0.3, -0.25) is 24.7 Å². The number of piperidine rings is 1. The largest absolute Gasteiger partial charge is 0.490 e. The molecule has 6 rings (SSSR count). The van der Waals surface area contributed by atoms with Crippen molar-refractivity contribution in [2.45, 2.75) is 75.7 Å². The van der Waals surface area contributed by atoms with Gasteiger partial charge in [0.2, 0.25) is 11.8 Å². The summed E-state index contributed by atoms with van der Waals surface area (Å²) in [7, 11) is 0. The molecule has 0 spiro atoms. The van der Waals surface area contributed by atoms with Crippen LogP contribution in [0.25, 0.3) is 0 Å². The molecule has 39 heavy (non-hydrogen) atoms. The second kappa shape index (κ2) is 11.3. The Morgan fingerprint density at radius 1 is 0.974 bits per heavy atom. The molecular formula is C28H31F3N4O4. The molecular weight excluding hydrogens is 513 g/mol. The van der Waals surface area contributed by atoms with E-state index in [9.17, 15) is 27.6 Å². The highest BCUT2D eigenvalue weighted by atomic mass is 19.4.